The van der Waals surface area contributed by atoms with E-state index in [-0.39, 0.29) is 10.5 Å². The lowest BCUT2D eigenvalue weighted by atomic mass is 10.2. The lowest BCUT2D eigenvalue weighted by Crippen LogP contribution is -2.30. The fourth-order valence-electron chi connectivity index (χ4n) is 1.79. The minimum atomic E-state index is -3.82. The first-order chi connectivity index (χ1) is 11.7. The second-order valence-corrected chi connectivity index (χ2v) is 7.21. The van der Waals surface area contributed by atoms with Crippen LogP contribution in [0, 0.1) is 0 Å². The van der Waals surface area contributed by atoms with Crippen molar-refractivity contribution in [3.8, 4) is 0 Å². The summed E-state index contributed by atoms with van der Waals surface area (Å²) in [6, 6.07) is 11.2. The molecule has 9 heteroatoms. The van der Waals surface area contributed by atoms with E-state index in [1.807, 2.05) is 0 Å². The van der Waals surface area contributed by atoms with E-state index in [1.54, 1.807) is 12.1 Å². The molecule has 3 N–H and O–H groups in total. The highest BCUT2D eigenvalue weighted by atomic mass is 35.5. The first-order valence-corrected chi connectivity index (χ1v) is 8.94. The molecule has 25 heavy (non-hydrogen) atoms. The van der Waals surface area contributed by atoms with Crippen LogP contribution in [0.4, 0.5) is 5.69 Å². The molecule has 0 aliphatic carbocycles. The highest BCUT2D eigenvalue weighted by Gasteiger charge is 2.18. The Labute approximate surface area is 149 Å². The highest BCUT2D eigenvalue weighted by Crippen LogP contribution is 2.19. The number of hydrogen-bond donors (Lipinski definition) is 2. The van der Waals surface area contributed by atoms with E-state index in [4.69, 9.17) is 22.1 Å². The SMILES string of the molecule is CC(OC(=O)c1ccc(S(=O)(=O)Nc2ccc(Cl)cc2)cc1)C(N)=O. The molecule has 1 unspecified atom stereocenters. The average molecular weight is 383 g/mol. The lowest BCUT2D eigenvalue weighted by molar-refractivity contribution is -0.125. The summed E-state index contributed by atoms with van der Waals surface area (Å²) in [7, 11) is -3.82. The number of carbonyl (C=O) groups is 2. The smallest absolute Gasteiger partial charge is 0.338 e. The van der Waals surface area contributed by atoms with E-state index in [0.29, 0.717) is 10.7 Å². The Morgan fingerprint density at radius 2 is 1.64 bits per heavy atom. The molecular weight excluding hydrogens is 368 g/mol. The van der Waals surface area contributed by atoms with Crippen LogP contribution in [0.5, 0.6) is 0 Å². The van der Waals surface area contributed by atoms with E-state index >= 15 is 0 Å². The molecule has 0 radical (unpaired) electrons. The molecule has 0 aliphatic rings. The van der Waals surface area contributed by atoms with Crippen LogP contribution in [0.3, 0.4) is 0 Å². The van der Waals surface area contributed by atoms with Crippen molar-refractivity contribution in [1.29, 1.82) is 0 Å². The van der Waals surface area contributed by atoms with E-state index in [0.717, 1.165) is 0 Å². The number of anilines is 1. The van der Waals surface area contributed by atoms with Crippen molar-refractivity contribution in [2.45, 2.75) is 17.9 Å². The molecular formula is C16H15ClN2O5S. The van der Waals surface area contributed by atoms with Crippen molar-refractivity contribution in [3.63, 3.8) is 0 Å². The Hall–Kier alpha value is -2.58. The highest BCUT2D eigenvalue weighted by molar-refractivity contribution is 7.92. The predicted molar refractivity (Wildman–Crippen MR) is 92.8 cm³/mol. The molecule has 0 aromatic heterocycles. The van der Waals surface area contributed by atoms with Gasteiger partial charge in [-0.25, -0.2) is 13.2 Å². The van der Waals surface area contributed by atoms with Gasteiger partial charge >= 0.3 is 5.97 Å². The second-order valence-electron chi connectivity index (χ2n) is 5.09. The van der Waals surface area contributed by atoms with Crippen molar-refractivity contribution in [3.05, 3.63) is 59.1 Å². The normalized spacial score (nSPS) is 12.2. The van der Waals surface area contributed by atoms with Gasteiger partial charge in [0, 0.05) is 10.7 Å². The first kappa shape index (κ1) is 18.8. The molecule has 0 aliphatic heterocycles. The monoisotopic (exact) mass is 382 g/mol. The van der Waals surface area contributed by atoms with Gasteiger partial charge in [0.2, 0.25) is 0 Å². The number of ether oxygens (including phenoxy) is 1. The lowest BCUT2D eigenvalue weighted by Gasteiger charge is -2.11. The third-order valence-electron chi connectivity index (χ3n) is 3.18. The van der Waals surface area contributed by atoms with Gasteiger partial charge in [0.15, 0.2) is 6.10 Å². The molecule has 2 aromatic carbocycles. The average Bonchev–Trinajstić information content (AvgIpc) is 2.56. The Kier molecular flexibility index (Phi) is 5.66. The number of benzene rings is 2. The molecule has 0 saturated heterocycles. The maximum absolute atomic E-state index is 12.3. The van der Waals surface area contributed by atoms with Gasteiger partial charge in [-0.1, -0.05) is 11.6 Å². The summed E-state index contributed by atoms with van der Waals surface area (Å²) in [4.78, 5) is 22.7. The number of sulfonamides is 1. The van der Waals surface area contributed by atoms with Crippen LogP contribution >= 0.6 is 11.6 Å². The van der Waals surface area contributed by atoms with Crippen LogP contribution < -0.4 is 10.5 Å². The minimum Gasteiger partial charge on any atom is -0.449 e. The van der Waals surface area contributed by atoms with Gasteiger partial charge in [-0.15, -0.1) is 0 Å². The van der Waals surface area contributed by atoms with E-state index in [1.165, 1.54) is 43.3 Å². The Balaban J connectivity index is 2.14. The Morgan fingerprint density at radius 1 is 1.08 bits per heavy atom. The van der Waals surface area contributed by atoms with Gasteiger partial charge in [-0.3, -0.25) is 9.52 Å². The van der Waals surface area contributed by atoms with Gasteiger partial charge < -0.3 is 10.5 Å². The molecule has 7 nitrogen and oxygen atoms in total. The number of nitrogens with one attached hydrogen (secondary N) is 1. The van der Waals surface area contributed by atoms with Crippen molar-refractivity contribution < 1.29 is 22.7 Å². The first-order valence-electron chi connectivity index (χ1n) is 7.08. The van der Waals surface area contributed by atoms with Crippen LogP contribution in [0.25, 0.3) is 0 Å². The number of rotatable bonds is 6. The van der Waals surface area contributed by atoms with E-state index in [9.17, 15) is 18.0 Å². The van der Waals surface area contributed by atoms with Crippen LogP contribution in [-0.4, -0.2) is 26.4 Å². The summed E-state index contributed by atoms with van der Waals surface area (Å²) in [6.45, 7) is 1.34. The van der Waals surface area contributed by atoms with Crippen LogP contribution in [0.1, 0.15) is 17.3 Å². The summed E-state index contributed by atoms with van der Waals surface area (Å²) in [5, 5.41) is 0.482. The van der Waals surface area contributed by atoms with Gasteiger partial charge in [0.05, 0.1) is 10.5 Å². The van der Waals surface area contributed by atoms with Crippen molar-refractivity contribution >= 4 is 39.2 Å². The molecule has 1 amide bonds. The van der Waals surface area contributed by atoms with Crippen molar-refractivity contribution in [2.24, 2.45) is 5.73 Å². The molecule has 0 saturated carbocycles. The van der Waals surface area contributed by atoms with Crippen LogP contribution in [-0.2, 0) is 19.6 Å². The van der Waals surface area contributed by atoms with E-state index in [2.05, 4.69) is 4.72 Å². The van der Waals surface area contributed by atoms with Gasteiger partial charge in [-0.05, 0) is 55.5 Å². The number of amides is 1. The van der Waals surface area contributed by atoms with Crippen LogP contribution in [0.2, 0.25) is 5.02 Å². The molecule has 2 aromatic rings. The number of halogens is 1. The fraction of sp³-hybridized carbons (Fsp3) is 0.125. The molecule has 0 heterocycles. The van der Waals surface area contributed by atoms with E-state index < -0.39 is 28.0 Å². The quantitative estimate of drug-likeness (QED) is 0.743. The Bertz CT molecular complexity index is 880. The summed E-state index contributed by atoms with van der Waals surface area (Å²) in [6.07, 6.45) is -1.08. The zero-order valence-electron chi connectivity index (χ0n) is 13.1. The number of esters is 1. The van der Waals surface area contributed by atoms with Gasteiger partial charge in [0.1, 0.15) is 0 Å². The maximum atomic E-state index is 12.3. The Morgan fingerprint density at radius 3 is 2.16 bits per heavy atom. The summed E-state index contributed by atoms with van der Waals surface area (Å²) in [5.74, 6) is -1.55. The fourth-order valence-corrected chi connectivity index (χ4v) is 2.97. The molecule has 1 atom stereocenters. The minimum absolute atomic E-state index is 0.0399. The zero-order valence-corrected chi connectivity index (χ0v) is 14.7. The maximum Gasteiger partial charge on any atom is 0.338 e. The molecule has 0 spiro atoms. The summed E-state index contributed by atoms with van der Waals surface area (Å²) >= 11 is 5.75. The summed E-state index contributed by atoms with van der Waals surface area (Å²) < 4.78 is 31.9. The van der Waals surface area contributed by atoms with Gasteiger partial charge in [0.25, 0.3) is 15.9 Å². The number of nitrogens with two attached hydrogens (primary N) is 1. The van der Waals surface area contributed by atoms with Crippen molar-refractivity contribution in [2.75, 3.05) is 4.72 Å². The van der Waals surface area contributed by atoms with Crippen molar-refractivity contribution in [1.82, 2.24) is 0 Å². The number of hydrogen-bond acceptors (Lipinski definition) is 5. The zero-order chi connectivity index (χ0) is 18.6. The molecule has 0 bridgehead atoms. The van der Waals surface area contributed by atoms with Crippen LogP contribution in [0.15, 0.2) is 53.4 Å². The third kappa shape index (κ3) is 4.94. The number of primary amides is 1. The number of carbonyl (C=O) groups excluding carboxylic acids is 2. The molecule has 2 rings (SSSR count). The third-order valence-corrected chi connectivity index (χ3v) is 4.83. The summed E-state index contributed by atoms with van der Waals surface area (Å²) in [5.41, 5.74) is 5.46. The second kappa shape index (κ2) is 7.54. The standard InChI is InChI=1S/C16H15ClN2O5S/c1-10(15(18)20)24-16(21)11-2-8-14(9-3-11)25(22,23)19-13-6-4-12(17)5-7-13/h2-10,19H,1H3,(H2,18,20). The predicted octanol–water partition coefficient (Wildman–Crippen LogP) is 2.17. The van der Waals surface area contributed by atoms with Gasteiger partial charge in [-0.2, -0.15) is 0 Å². The molecule has 0 fully saturated rings. The topological polar surface area (TPSA) is 116 Å². The largest absolute Gasteiger partial charge is 0.449 e. The molecule has 132 valence electrons.